The first-order valence-corrected chi connectivity index (χ1v) is 3.54. The smallest absolute Gasteiger partial charge is 0.161 e. The average Bonchev–Trinajstić information content (AvgIpc) is 2.34. The summed E-state index contributed by atoms with van der Waals surface area (Å²) in [5.41, 5.74) is 3.32. The van der Waals surface area contributed by atoms with Crippen LogP contribution in [0.4, 0.5) is 0 Å². The average molecular weight is 147 g/mol. The lowest BCUT2D eigenvalue weighted by atomic mass is 10.2. The number of nitrogens with zero attached hydrogens (tertiary/aromatic N) is 3. The highest BCUT2D eigenvalue weighted by Crippen LogP contribution is 2.06. The van der Waals surface area contributed by atoms with Gasteiger partial charge < -0.3 is 0 Å². The van der Waals surface area contributed by atoms with E-state index in [-0.39, 0.29) is 0 Å². The highest BCUT2D eigenvalue weighted by atomic mass is 15.2. The zero-order valence-corrected chi connectivity index (χ0v) is 6.57. The van der Waals surface area contributed by atoms with Crippen LogP contribution in [0.25, 0.3) is 5.65 Å². The third-order valence-corrected chi connectivity index (χ3v) is 1.75. The van der Waals surface area contributed by atoms with Gasteiger partial charge in [-0.2, -0.15) is 0 Å². The fraction of sp³-hybridized carbons (Fsp3) is 0.250. The summed E-state index contributed by atoms with van der Waals surface area (Å²) in [5.74, 6) is 0. The number of hydrogen-bond acceptors (Lipinski definition) is 2. The fourth-order valence-corrected chi connectivity index (χ4v) is 1.26. The molecule has 3 nitrogen and oxygen atoms in total. The Morgan fingerprint density at radius 1 is 1.27 bits per heavy atom. The van der Waals surface area contributed by atoms with Gasteiger partial charge in [0.1, 0.15) is 6.33 Å². The number of pyridine rings is 1. The molecule has 0 aliphatic rings. The lowest BCUT2D eigenvalue weighted by Gasteiger charge is -1.98. The minimum atomic E-state index is 0.919. The van der Waals surface area contributed by atoms with Crippen LogP contribution in [0, 0.1) is 13.8 Å². The van der Waals surface area contributed by atoms with E-state index in [0.29, 0.717) is 0 Å². The summed E-state index contributed by atoms with van der Waals surface area (Å²) < 4.78 is 1.97. The minimum absolute atomic E-state index is 0.919. The van der Waals surface area contributed by atoms with Crippen molar-refractivity contribution >= 4 is 5.65 Å². The summed E-state index contributed by atoms with van der Waals surface area (Å²) in [7, 11) is 0. The van der Waals surface area contributed by atoms with Crippen LogP contribution < -0.4 is 0 Å². The molecule has 11 heavy (non-hydrogen) atoms. The van der Waals surface area contributed by atoms with Gasteiger partial charge in [-0.15, -0.1) is 10.2 Å². The molecule has 0 radical (unpaired) electrons. The quantitative estimate of drug-likeness (QED) is 0.563. The van der Waals surface area contributed by atoms with Crippen molar-refractivity contribution in [2.24, 2.45) is 0 Å². The zero-order valence-electron chi connectivity index (χ0n) is 6.57. The van der Waals surface area contributed by atoms with Gasteiger partial charge in [-0.1, -0.05) is 0 Å². The third-order valence-electron chi connectivity index (χ3n) is 1.75. The second kappa shape index (κ2) is 2.05. The van der Waals surface area contributed by atoms with Crippen molar-refractivity contribution in [3.63, 3.8) is 0 Å². The topological polar surface area (TPSA) is 30.2 Å². The Hall–Kier alpha value is -1.38. The van der Waals surface area contributed by atoms with Gasteiger partial charge in [0.2, 0.25) is 0 Å². The molecule has 0 spiro atoms. The van der Waals surface area contributed by atoms with Crippen LogP contribution >= 0.6 is 0 Å². The van der Waals surface area contributed by atoms with Gasteiger partial charge in [-0.25, -0.2) is 0 Å². The largest absolute Gasteiger partial charge is 0.286 e. The van der Waals surface area contributed by atoms with Gasteiger partial charge in [0, 0.05) is 5.69 Å². The maximum Gasteiger partial charge on any atom is 0.161 e. The molecule has 0 aliphatic heterocycles. The fourth-order valence-electron chi connectivity index (χ4n) is 1.26. The molecule has 2 rings (SSSR count). The van der Waals surface area contributed by atoms with Gasteiger partial charge in [0.25, 0.3) is 0 Å². The maximum absolute atomic E-state index is 3.95. The van der Waals surface area contributed by atoms with Gasteiger partial charge in [-0.05, 0) is 31.5 Å². The van der Waals surface area contributed by atoms with E-state index < -0.39 is 0 Å². The normalized spacial score (nSPS) is 10.7. The molecule has 2 heterocycles. The predicted molar refractivity (Wildman–Crippen MR) is 42.5 cm³/mol. The Labute approximate surface area is 64.7 Å². The number of rotatable bonds is 0. The predicted octanol–water partition coefficient (Wildman–Crippen LogP) is 1.35. The first-order chi connectivity index (χ1) is 5.27. The standard InChI is InChI=1S/C8H9N3/c1-6-3-7(2)11-5-9-10-8(11)4-6/h3-5H,1-2H3. The molecule has 3 heteroatoms. The Balaban J connectivity index is 2.91. The SMILES string of the molecule is Cc1cc(C)n2cnnc2c1. The summed E-state index contributed by atoms with van der Waals surface area (Å²) >= 11 is 0. The van der Waals surface area contributed by atoms with Crippen LogP contribution in [0.5, 0.6) is 0 Å². The van der Waals surface area contributed by atoms with Gasteiger partial charge >= 0.3 is 0 Å². The molecular weight excluding hydrogens is 138 g/mol. The third kappa shape index (κ3) is 0.888. The molecule has 0 bridgehead atoms. The summed E-state index contributed by atoms with van der Waals surface area (Å²) in [6.45, 7) is 4.10. The number of hydrogen-bond donors (Lipinski definition) is 0. The Morgan fingerprint density at radius 3 is 2.91 bits per heavy atom. The van der Waals surface area contributed by atoms with Crippen LogP contribution in [-0.4, -0.2) is 14.6 Å². The van der Waals surface area contributed by atoms with Crippen LogP contribution in [0.1, 0.15) is 11.3 Å². The molecule has 0 atom stereocenters. The minimum Gasteiger partial charge on any atom is -0.286 e. The van der Waals surface area contributed by atoms with E-state index in [4.69, 9.17) is 0 Å². The van der Waals surface area contributed by atoms with Gasteiger partial charge in [-0.3, -0.25) is 4.40 Å². The van der Waals surface area contributed by atoms with Gasteiger partial charge in [0.15, 0.2) is 5.65 Å². The van der Waals surface area contributed by atoms with E-state index in [1.807, 2.05) is 17.4 Å². The van der Waals surface area contributed by atoms with E-state index in [0.717, 1.165) is 5.65 Å². The first kappa shape index (κ1) is 6.34. The van der Waals surface area contributed by atoms with E-state index in [1.54, 1.807) is 6.33 Å². The van der Waals surface area contributed by atoms with Crippen molar-refractivity contribution in [1.29, 1.82) is 0 Å². The number of aromatic nitrogens is 3. The highest BCUT2D eigenvalue weighted by molar-refractivity contribution is 5.41. The molecule has 0 saturated carbocycles. The first-order valence-electron chi connectivity index (χ1n) is 3.54. The summed E-state index contributed by atoms with van der Waals surface area (Å²) in [6, 6.07) is 4.12. The second-order valence-electron chi connectivity index (χ2n) is 2.73. The molecule has 0 unspecified atom stereocenters. The monoisotopic (exact) mass is 147 g/mol. The maximum atomic E-state index is 3.95. The highest BCUT2D eigenvalue weighted by Gasteiger charge is 1.97. The van der Waals surface area contributed by atoms with E-state index >= 15 is 0 Å². The summed E-state index contributed by atoms with van der Waals surface area (Å²) in [6.07, 6.45) is 1.73. The van der Waals surface area contributed by atoms with Crippen molar-refractivity contribution in [3.05, 3.63) is 29.7 Å². The van der Waals surface area contributed by atoms with Crippen LogP contribution in [-0.2, 0) is 0 Å². The summed E-state index contributed by atoms with van der Waals surface area (Å²) in [4.78, 5) is 0. The number of aryl methyl sites for hydroxylation is 2. The van der Waals surface area contributed by atoms with E-state index in [2.05, 4.69) is 23.2 Å². The molecular formula is C8H9N3. The lowest BCUT2D eigenvalue weighted by Crippen LogP contribution is -1.89. The molecule has 56 valence electrons. The van der Waals surface area contributed by atoms with E-state index in [9.17, 15) is 0 Å². The summed E-state index contributed by atoms with van der Waals surface area (Å²) in [5, 5.41) is 7.77. The molecule has 0 fully saturated rings. The number of fused-ring (bicyclic) bond motifs is 1. The molecule has 0 saturated heterocycles. The molecule has 0 amide bonds. The Morgan fingerprint density at radius 2 is 2.09 bits per heavy atom. The Bertz CT molecular complexity index is 389. The van der Waals surface area contributed by atoms with Crippen molar-refractivity contribution in [2.45, 2.75) is 13.8 Å². The molecule has 2 aromatic rings. The van der Waals surface area contributed by atoms with Crippen molar-refractivity contribution < 1.29 is 0 Å². The van der Waals surface area contributed by atoms with Crippen LogP contribution in [0.3, 0.4) is 0 Å². The lowest BCUT2D eigenvalue weighted by molar-refractivity contribution is 1.06. The van der Waals surface area contributed by atoms with Crippen molar-refractivity contribution in [3.8, 4) is 0 Å². The van der Waals surface area contributed by atoms with Crippen LogP contribution in [0.15, 0.2) is 18.5 Å². The Kier molecular flexibility index (Phi) is 1.18. The molecule has 2 aromatic heterocycles. The zero-order chi connectivity index (χ0) is 7.84. The van der Waals surface area contributed by atoms with Crippen LogP contribution in [0.2, 0.25) is 0 Å². The molecule has 0 aromatic carbocycles. The molecule has 0 N–H and O–H groups in total. The van der Waals surface area contributed by atoms with Crippen molar-refractivity contribution in [2.75, 3.05) is 0 Å². The van der Waals surface area contributed by atoms with Gasteiger partial charge in [0.05, 0.1) is 0 Å². The van der Waals surface area contributed by atoms with Crippen molar-refractivity contribution in [1.82, 2.24) is 14.6 Å². The van der Waals surface area contributed by atoms with E-state index in [1.165, 1.54) is 11.3 Å². The molecule has 0 aliphatic carbocycles. The second-order valence-corrected chi connectivity index (χ2v) is 2.73.